The van der Waals surface area contributed by atoms with Crippen LogP contribution in [0.25, 0.3) is 0 Å². The molecular formula is C13H16N2O2. The fraction of sp³-hybridized carbons (Fsp3) is 0.385. The van der Waals surface area contributed by atoms with E-state index in [2.05, 4.69) is 10.2 Å². The molecule has 0 bridgehead atoms. The standard InChI is InChI=1S/C13H16N2O2/c16-9-3-5-11-4-1-2-6-12(11)15-8-7-14-13(17)10-15/h1-2,4,6,9H,3,5,7-8,10H2,(H,14,17). The molecule has 1 heterocycles. The van der Waals surface area contributed by atoms with Gasteiger partial charge >= 0.3 is 0 Å². The highest BCUT2D eigenvalue weighted by atomic mass is 16.2. The second-order valence-corrected chi connectivity index (χ2v) is 4.11. The third kappa shape index (κ3) is 2.84. The molecule has 2 rings (SSSR count). The first-order valence-electron chi connectivity index (χ1n) is 5.84. The minimum atomic E-state index is 0.0569. The van der Waals surface area contributed by atoms with Crippen LogP contribution in [0.3, 0.4) is 0 Å². The van der Waals surface area contributed by atoms with E-state index >= 15 is 0 Å². The Balaban J connectivity index is 2.18. The van der Waals surface area contributed by atoms with E-state index in [4.69, 9.17) is 0 Å². The summed E-state index contributed by atoms with van der Waals surface area (Å²) in [5.41, 5.74) is 2.21. The van der Waals surface area contributed by atoms with Crippen molar-refractivity contribution < 1.29 is 9.59 Å². The number of carbonyl (C=O) groups excluding carboxylic acids is 2. The first-order chi connectivity index (χ1) is 8.31. The van der Waals surface area contributed by atoms with Crippen molar-refractivity contribution >= 4 is 17.9 Å². The van der Waals surface area contributed by atoms with Crippen molar-refractivity contribution in [2.24, 2.45) is 0 Å². The number of carbonyl (C=O) groups is 2. The second-order valence-electron chi connectivity index (χ2n) is 4.11. The molecule has 4 heteroatoms. The maximum Gasteiger partial charge on any atom is 0.239 e. The fourth-order valence-corrected chi connectivity index (χ4v) is 2.09. The SMILES string of the molecule is O=CCCc1ccccc1N1CCNC(=O)C1. The Hall–Kier alpha value is -1.84. The van der Waals surface area contributed by atoms with Crippen molar-refractivity contribution in [3.8, 4) is 0 Å². The highest BCUT2D eigenvalue weighted by Gasteiger charge is 2.18. The average molecular weight is 232 g/mol. The van der Waals surface area contributed by atoms with Gasteiger partial charge in [0.15, 0.2) is 0 Å². The van der Waals surface area contributed by atoms with Crippen LogP contribution < -0.4 is 10.2 Å². The molecule has 1 aromatic rings. The number of hydrogen-bond acceptors (Lipinski definition) is 3. The van der Waals surface area contributed by atoms with Crippen LogP contribution in [0.4, 0.5) is 5.69 Å². The third-order valence-electron chi connectivity index (χ3n) is 2.90. The van der Waals surface area contributed by atoms with Crippen LogP contribution >= 0.6 is 0 Å². The summed E-state index contributed by atoms with van der Waals surface area (Å²) < 4.78 is 0. The molecule has 4 nitrogen and oxygen atoms in total. The van der Waals surface area contributed by atoms with Gasteiger partial charge in [0.25, 0.3) is 0 Å². The molecule has 1 aliphatic rings. The summed E-state index contributed by atoms with van der Waals surface area (Å²) in [7, 11) is 0. The second kappa shape index (κ2) is 5.48. The van der Waals surface area contributed by atoms with Crippen molar-refractivity contribution in [1.29, 1.82) is 0 Å². The van der Waals surface area contributed by atoms with Crippen LogP contribution in [-0.2, 0) is 16.0 Å². The number of para-hydroxylation sites is 1. The summed E-state index contributed by atoms with van der Waals surface area (Å²) in [6.07, 6.45) is 2.19. The van der Waals surface area contributed by atoms with Gasteiger partial charge in [-0.05, 0) is 18.1 Å². The summed E-state index contributed by atoms with van der Waals surface area (Å²) in [6.45, 7) is 1.91. The van der Waals surface area contributed by atoms with Crippen LogP contribution in [0.1, 0.15) is 12.0 Å². The topological polar surface area (TPSA) is 49.4 Å². The number of hydrogen-bond donors (Lipinski definition) is 1. The zero-order chi connectivity index (χ0) is 12.1. The van der Waals surface area contributed by atoms with Crippen molar-refractivity contribution in [3.63, 3.8) is 0 Å². The Kier molecular flexibility index (Phi) is 3.75. The number of benzene rings is 1. The van der Waals surface area contributed by atoms with E-state index < -0.39 is 0 Å². The van der Waals surface area contributed by atoms with Crippen LogP contribution in [0.5, 0.6) is 0 Å². The maximum absolute atomic E-state index is 11.4. The number of anilines is 1. The first kappa shape index (κ1) is 11.6. The van der Waals surface area contributed by atoms with Crippen LogP contribution in [0.2, 0.25) is 0 Å². The summed E-state index contributed by atoms with van der Waals surface area (Å²) >= 11 is 0. The number of amides is 1. The lowest BCUT2D eigenvalue weighted by atomic mass is 10.1. The van der Waals surface area contributed by atoms with Gasteiger partial charge in [-0.15, -0.1) is 0 Å². The average Bonchev–Trinajstić information content (AvgIpc) is 2.37. The first-order valence-corrected chi connectivity index (χ1v) is 5.84. The number of piperazine rings is 1. The molecule has 1 aliphatic heterocycles. The smallest absolute Gasteiger partial charge is 0.239 e. The van der Waals surface area contributed by atoms with E-state index in [1.165, 1.54) is 0 Å². The van der Waals surface area contributed by atoms with E-state index in [-0.39, 0.29) is 5.91 Å². The van der Waals surface area contributed by atoms with Gasteiger partial charge in [-0.1, -0.05) is 18.2 Å². The highest BCUT2D eigenvalue weighted by molar-refractivity contribution is 5.83. The Labute approximate surface area is 101 Å². The Morgan fingerprint density at radius 1 is 1.35 bits per heavy atom. The van der Waals surface area contributed by atoms with Gasteiger partial charge in [0, 0.05) is 25.2 Å². The molecule has 0 aliphatic carbocycles. The lowest BCUT2D eigenvalue weighted by molar-refractivity contribution is -0.120. The Morgan fingerprint density at radius 3 is 2.94 bits per heavy atom. The molecule has 0 saturated carbocycles. The molecular weight excluding hydrogens is 216 g/mol. The van der Waals surface area contributed by atoms with Crippen LogP contribution in [0, 0.1) is 0 Å². The zero-order valence-electron chi connectivity index (χ0n) is 9.69. The summed E-state index contributed by atoms with van der Waals surface area (Å²) in [4.78, 5) is 23.9. The Morgan fingerprint density at radius 2 is 2.18 bits per heavy atom. The van der Waals surface area contributed by atoms with Gasteiger partial charge in [-0.3, -0.25) is 4.79 Å². The molecule has 0 spiro atoms. The highest BCUT2D eigenvalue weighted by Crippen LogP contribution is 2.21. The zero-order valence-corrected chi connectivity index (χ0v) is 9.69. The van der Waals surface area contributed by atoms with Crippen molar-refractivity contribution in [3.05, 3.63) is 29.8 Å². The maximum atomic E-state index is 11.4. The van der Waals surface area contributed by atoms with Crippen LogP contribution in [0.15, 0.2) is 24.3 Å². The number of aryl methyl sites for hydroxylation is 1. The monoisotopic (exact) mass is 232 g/mol. The summed E-state index contributed by atoms with van der Waals surface area (Å²) in [5.74, 6) is 0.0569. The van der Waals surface area contributed by atoms with E-state index in [1.54, 1.807) is 0 Å². The van der Waals surface area contributed by atoms with Crippen molar-refractivity contribution in [1.82, 2.24) is 5.32 Å². The molecule has 1 N–H and O–H groups in total. The molecule has 1 amide bonds. The normalized spacial score (nSPS) is 15.5. The molecule has 17 heavy (non-hydrogen) atoms. The minimum Gasteiger partial charge on any atom is -0.360 e. The largest absolute Gasteiger partial charge is 0.360 e. The van der Waals surface area contributed by atoms with Gasteiger partial charge in [-0.2, -0.15) is 0 Å². The molecule has 1 aromatic carbocycles. The van der Waals surface area contributed by atoms with Crippen LogP contribution in [-0.4, -0.2) is 31.8 Å². The van der Waals surface area contributed by atoms with E-state index in [1.807, 2.05) is 24.3 Å². The molecule has 1 saturated heterocycles. The number of aldehydes is 1. The van der Waals surface area contributed by atoms with Gasteiger partial charge < -0.3 is 15.0 Å². The predicted octanol–water partition coefficient (Wildman–Crippen LogP) is 0.754. The number of rotatable bonds is 4. The minimum absolute atomic E-state index is 0.0569. The molecule has 0 aromatic heterocycles. The Bertz CT molecular complexity index is 418. The molecule has 90 valence electrons. The van der Waals surface area contributed by atoms with Gasteiger partial charge in [0.05, 0.1) is 6.54 Å². The van der Waals surface area contributed by atoms with Gasteiger partial charge in [0.2, 0.25) is 5.91 Å². The number of nitrogens with zero attached hydrogens (tertiary/aromatic N) is 1. The molecule has 0 unspecified atom stereocenters. The fourth-order valence-electron chi connectivity index (χ4n) is 2.09. The van der Waals surface area contributed by atoms with E-state index in [9.17, 15) is 9.59 Å². The lowest BCUT2D eigenvalue weighted by Crippen LogP contribution is -2.48. The van der Waals surface area contributed by atoms with Gasteiger partial charge in [0.1, 0.15) is 6.29 Å². The molecule has 0 radical (unpaired) electrons. The lowest BCUT2D eigenvalue weighted by Gasteiger charge is -2.30. The molecule has 0 atom stereocenters. The molecule has 1 fully saturated rings. The predicted molar refractivity (Wildman–Crippen MR) is 66.0 cm³/mol. The summed E-state index contributed by atoms with van der Waals surface area (Å²) in [5, 5.41) is 2.81. The summed E-state index contributed by atoms with van der Waals surface area (Å²) in [6, 6.07) is 7.96. The quantitative estimate of drug-likeness (QED) is 0.779. The van der Waals surface area contributed by atoms with Crippen molar-refractivity contribution in [2.75, 3.05) is 24.5 Å². The van der Waals surface area contributed by atoms with Gasteiger partial charge in [-0.25, -0.2) is 0 Å². The number of nitrogens with one attached hydrogen (secondary N) is 1. The third-order valence-corrected chi connectivity index (χ3v) is 2.90. The van der Waals surface area contributed by atoms with E-state index in [0.717, 1.165) is 30.5 Å². The van der Waals surface area contributed by atoms with E-state index in [0.29, 0.717) is 19.5 Å². The van der Waals surface area contributed by atoms with Crippen molar-refractivity contribution in [2.45, 2.75) is 12.8 Å².